The van der Waals surface area contributed by atoms with E-state index in [9.17, 15) is 9.59 Å². The lowest BCUT2D eigenvalue weighted by Gasteiger charge is -2.13. The summed E-state index contributed by atoms with van der Waals surface area (Å²) in [6.45, 7) is 9.17. The lowest BCUT2D eigenvalue weighted by atomic mass is 10.2. The molecule has 0 radical (unpaired) electrons. The molecule has 1 rings (SSSR count). The quantitative estimate of drug-likeness (QED) is 0.714. The van der Waals surface area contributed by atoms with Crippen molar-refractivity contribution < 1.29 is 9.59 Å². The molecule has 0 aliphatic carbocycles. The van der Waals surface area contributed by atoms with Crippen LogP contribution in [-0.2, 0) is 9.59 Å². The first-order valence-electron chi connectivity index (χ1n) is 5.78. The molecule has 1 unspecified atom stereocenters. The number of hydrogen-bond donors (Lipinski definition) is 1. The van der Waals surface area contributed by atoms with Crippen molar-refractivity contribution in [2.75, 3.05) is 13.1 Å². The average molecular weight is 214 g/mol. The second-order valence-electron chi connectivity index (χ2n) is 3.20. The Balaban J connectivity index is 0.000000921. The van der Waals surface area contributed by atoms with Crippen molar-refractivity contribution in [2.24, 2.45) is 0 Å². The second kappa shape index (κ2) is 7.40. The molecule has 88 valence electrons. The molecule has 0 aromatic rings. The molecule has 0 bridgehead atoms. The number of rotatable bonds is 4. The van der Waals surface area contributed by atoms with Gasteiger partial charge in [-0.15, -0.1) is 0 Å². The van der Waals surface area contributed by atoms with Crippen LogP contribution in [0.4, 0.5) is 0 Å². The van der Waals surface area contributed by atoms with Crippen LogP contribution in [0.15, 0.2) is 0 Å². The van der Waals surface area contributed by atoms with Crippen molar-refractivity contribution in [1.82, 2.24) is 10.2 Å². The van der Waals surface area contributed by atoms with Crippen LogP contribution in [-0.4, -0.2) is 35.8 Å². The Morgan fingerprint density at radius 2 is 1.93 bits per heavy atom. The maximum atomic E-state index is 11.5. The Morgan fingerprint density at radius 1 is 1.33 bits per heavy atom. The summed E-state index contributed by atoms with van der Waals surface area (Å²) in [6, 6.07) is -0.274. The minimum absolute atomic E-state index is 0.0437. The van der Waals surface area contributed by atoms with E-state index in [0.29, 0.717) is 13.0 Å². The van der Waals surface area contributed by atoms with Gasteiger partial charge in [0, 0.05) is 6.54 Å². The van der Waals surface area contributed by atoms with Crippen LogP contribution in [0.25, 0.3) is 0 Å². The Labute approximate surface area is 92.0 Å². The fourth-order valence-electron chi connectivity index (χ4n) is 1.55. The van der Waals surface area contributed by atoms with Crippen molar-refractivity contribution in [1.29, 1.82) is 0 Å². The summed E-state index contributed by atoms with van der Waals surface area (Å²) in [5, 5.41) is 3.00. The predicted octanol–water partition coefficient (Wildman–Crippen LogP) is 1.16. The first-order valence-corrected chi connectivity index (χ1v) is 5.78. The summed E-state index contributed by atoms with van der Waals surface area (Å²) in [5.41, 5.74) is 0. The van der Waals surface area contributed by atoms with E-state index in [2.05, 4.69) is 5.32 Å². The zero-order chi connectivity index (χ0) is 11.8. The number of likely N-dealkylation sites (tertiary alicyclic amines) is 1. The molecule has 0 aromatic heterocycles. The van der Waals surface area contributed by atoms with Crippen molar-refractivity contribution in [3.63, 3.8) is 0 Å². The number of carbonyl (C=O) groups is 2. The highest BCUT2D eigenvalue weighted by atomic mass is 16.2. The van der Waals surface area contributed by atoms with Crippen LogP contribution < -0.4 is 5.32 Å². The van der Waals surface area contributed by atoms with E-state index in [1.807, 2.05) is 27.7 Å². The molecule has 4 nitrogen and oxygen atoms in total. The van der Waals surface area contributed by atoms with E-state index in [0.717, 1.165) is 13.0 Å². The fourth-order valence-corrected chi connectivity index (χ4v) is 1.55. The van der Waals surface area contributed by atoms with Crippen LogP contribution in [0.1, 0.15) is 40.5 Å². The Morgan fingerprint density at radius 3 is 2.40 bits per heavy atom. The van der Waals surface area contributed by atoms with Gasteiger partial charge in [-0.1, -0.05) is 27.7 Å². The first-order chi connectivity index (χ1) is 7.20. The van der Waals surface area contributed by atoms with E-state index in [1.165, 1.54) is 4.90 Å². The number of imide groups is 1. The van der Waals surface area contributed by atoms with Gasteiger partial charge < -0.3 is 5.32 Å². The van der Waals surface area contributed by atoms with E-state index in [4.69, 9.17) is 0 Å². The highest BCUT2D eigenvalue weighted by molar-refractivity contribution is 6.05. The van der Waals surface area contributed by atoms with Crippen LogP contribution in [0.3, 0.4) is 0 Å². The molecule has 1 saturated heterocycles. The van der Waals surface area contributed by atoms with Gasteiger partial charge in [0.15, 0.2) is 0 Å². The SMILES string of the molecule is CC.CCCN1C(=O)CC(NCC)C1=O. The largest absolute Gasteiger partial charge is 0.306 e. The normalized spacial score (nSPS) is 20.3. The van der Waals surface area contributed by atoms with Gasteiger partial charge >= 0.3 is 0 Å². The number of nitrogens with zero attached hydrogens (tertiary/aromatic N) is 1. The lowest BCUT2D eigenvalue weighted by Crippen LogP contribution is -2.38. The summed E-state index contributed by atoms with van der Waals surface area (Å²) >= 11 is 0. The van der Waals surface area contributed by atoms with Crippen LogP contribution in [0, 0.1) is 0 Å². The highest BCUT2D eigenvalue weighted by Gasteiger charge is 2.36. The standard InChI is InChI=1S/C9H16N2O2.C2H6/c1-3-5-11-8(12)6-7(9(11)13)10-4-2;1-2/h7,10H,3-6H2,1-2H3;1-2H3. The average Bonchev–Trinajstić information content (AvgIpc) is 2.50. The van der Waals surface area contributed by atoms with Gasteiger partial charge in [-0.3, -0.25) is 14.5 Å². The van der Waals surface area contributed by atoms with Crippen molar-refractivity contribution >= 4 is 11.8 Å². The van der Waals surface area contributed by atoms with E-state index >= 15 is 0 Å². The van der Waals surface area contributed by atoms with Gasteiger partial charge in [0.1, 0.15) is 0 Å². The van der Waals surface area contributed by atoms with Crippen molar-refractivity contribution in [3.8, 4) is 0 Å². The number of likely N-dealkylation sites (N-methyl/N-ethyl adjacent to an activating group) is 1. The predicted molar refractivity (Wildman–Crippen MR) is 60.4 cm³/mol. The molecule has 1 atom stereocenters. The molecule has 1 aliphatic rings. The molecule has 0 spiro atoms. The summed E-state index contributed by atoms with van der Waals surface area (Å²) in [4.78, 5) is 24.2. The third kappa shape index (κ3) is 3.63. The lowest BCUT2D eigenvalue weighted by molar-refractivity contribution is -0.138. The van der Waals surface area contributed by atoms with Crippen LogP contribution in [0.5, 0.6) is 0 Å². The summed E-state index contributed by atoms with van der Waals surface area (Å²) in [6.07, 6.45) is 1.16. The Kier molecular flexibility index (Phi) is 6.96. The maximum absolute atomic E-state index is 11.5. The molecule has 1 fully saturated rings. The third-order valence-electron chi connectivity index (χ3n) is 2.14. The minimum atomic E-state index is -0.274. The molecular formula is C11H22N2O2. The minimum Gasteiger partial charge on any atom is -0.306 e. The van der Waals surface area contributed by atoms with Gasteiger partial charge in [0.25, 0.3) is 0 Å². The zero-order valence-electron chi connectivity index (χ0n) is 10.2. The zero-order valence-corrected chi connectivity index (χ0v) is 10.2. The molecule has 1 N–H and O–H groups in total. The molecule has 2 amide bonds. The Bertz CT molecular complexity index is 217. The van der Waals surface area contributed by atoms with Gasteiger partial charge in [-0.05, 0) is 13.0 Å². The second-order valence-corrected chi connectivity index (χ2v) is 3.20. The molecule has 1 aliphatic heterocycles. The first kappa shape index (κ1) is 14.1. The Hall–Kier alpha value is -0.900. The van der Waals surface area contributed by atoms with Crippen LogP contribution in [0.2, 0.25) is 0 Å². The number of nitrogens with one attached hydrogen (secondary N) is 1. The maximum Gasteiger partial charge on any atom is 0.246 e. The van der Waals surface area contributed by atoms with Gasteiger partial charge in [-0.2, -0.15) is 0 Å². The third-order valence-corrected chi connectivity index (χ3v) is 2.14. The number of hydrogen-bond acceptors (Lipinski definition) is 3. The van der Waals surface area contributed by atoms with E-state index in [-0.39, 0.29) is 17.9 Å². The van der Waals surface area contributed by atoms with Crippen molar-refractivity contribution in [2.45, 2.75) is 46.6 Å². The van der Waals surface area contributed by atoms with Crippen molar-refractivity contribution in [3.05, 3.63) is 0 Å². The smallest absolute Gasteiger partial charge is 0.246 e. The topological polar surface area (TPSA) is 49.4 Å². The molecule has 0 aromatic carbocycles. The summed E-state index contributed by atoms with van der Waals surface area (Å²) < 4.78 is 0. The van der Waals surface area contributed by atoms with Crippen LogP contribution >= 0.6 is 0 Å². The summed E-state index contributed by atoms with van der Waals surface area (Å²) in [5.74, 6) is -0.105. The molecule has 1 heterocycles. The molecule has 15 heavy (non-hydrogen) atoms. The number of carbonyl (C=O) groups excluding carboxylic acids is 2. The monoisotopic (exact) mass is 214 g/mol. The van der Waals surface area contributed by atoms with Gasteiger partial charge in [-0.25, -0.2) is 0 Å². The van der Waals surface area contributed by atoms with Gasteiger partial charge in [0.05, 0.1) is 12.5 Å². The highest BCUT2D eigenvalue weighted by Crippen LogP contribution is 2.12. The molecular weight excluding hydrogens is 192 g/mol. The summed E-state index contributed by atoms with van der Waals surface area (Å²) in [7, 11) is 0. The van der Waals surface area contributed by atoms with Gasteiger partial charge in [0.2, 0.25) is 11.8 Å². The van der Waals surface area contributed by atoms with E-state index in [1.54, 1.807) is 0 Å². The molecule has 0 saturated carbocycles. The number of amides is 2. The molecule has 4 heteroatoms. The van der Waals surface area contributed by atoms with E-state index < -0.39 is 0 Å². The fraction of sp³-hybridized carbons (Fsp3) is 0.818.